The number of benzene rings is 2. The highest BCUT2D eigenvalue weighted by molar-refractivity contribution is 6.12. The van der Waals surface area contributed by atoms with Gasteiger partial charge < -0.3 is 4.74 Å². The van der Waals surface area contributed by atoms with Gasteiger partial charge in [0, 0.05) is 11.1 Å². The number of fused-ring (bicyclic) bond motifs is 2. The Morgan fingerprint density at radius 1 is 1.00 bits per heavy atom. The number of methoxy groups -OCH3 is 1. The highest BCUT2D eigenvalue weighted by atomic mass is 16.5. The summed E-state index contributed by atoms with van der Waals surface area (Å²) in [5.41, 5.74) is 6.02. The van der Waals surface area contributed by atoms with E-state index in [1.165, 1.54) is 0 Å². The van der Waals surface area contributed by atoms with Crippen LogP contribution in [0.25, 0.3) is 0 Å². The van der Waals surface area contributed by atoms with Crippen molar-refractivity contribution >= 4 is 5.78 Å². The normalized spacial score (nSPS) is 12.9. The van der Waals surface area contributed by atoms with Crippen molar-refractivity contribution in [3.05, 3.63) is 63.7 Å². The summed E-state index contributed by atoms with van der Waals surface area (Å²) >= 11 is 0. The largest absolute Gasteiger partial charge is 0.496 e. The van der Waals surface area contributed by atoms with Gasteiger partial charge in [-0.2, -0.15) is 0 Å². The first-order chi connectivity index (χ1) is 9.10. The van der Waals surface area contributed by atoms with Gasteiger partial charge in [-0.1, -0.05) is 23.8 Å². The smallest absolute Gasteiger partial charge is 0.193 e. The molecule has 0 bridgehead atoms. The third-order valence-electron chi connectivity index (χ3n) is 3.76. The molecule has 0 amide bonds. The lowest BCUT2D eigenvalue weighted by atomic mass is 9.83. The first-order valence-electron chi connectivity index (χ1n) is 6.42. The summed E-state index contributed by atoms with van der Waals surface area (Å²) in [4.78, 5) is 12.6. The Morgan fingerprint density at radius 2 is 1.74 bits per heavy atom. The minimum Gasteiger partial charge on any atom is -0.496 e. The minimum atomic E-state index is 0.109. The minimum absolute atomic E-state index is 0.109. The van der Waals surface area contributed by atoms with Crippen LogP contribution in [0.4, 0.5) is 0 Å². The van der Waals surface area contributed by atoms with Gasteiger partial charge in [0.05, 0.1) is 7.11 Å². The Labute approximate surface area is 113 Å². The lowest BCUT2D eigenvalue weighted by Crippen LogP contribution is -2.15. The topological polar surface area (TPSA) is 26.3 Å². The van der Waals surface area contributed by atoms with Crippen LogP contribution in [0, 0.1) is 13.8 Å². The van der Waals surface area contributed by atoms with Crippen LogP contribution in [0.1, 0.15) is 38.2 Å². The molecule has 2 aromatic rings. The van der Waals surface area contributed by atoms with Crippen LogP contribution >= 0.6 is 0 Å². The van der Waals surface area contributed by atoms with Crippen LogP contribution < -0.4 is 4.74 Å². The van der Waals surface area contributed by atoms with E-state index in [1.54, 1.807) is 7.11 Å². The molecule has 3 rings (SSSR count). The summed E-state index contributed by atoms with van der Waals surface area (Å²) in [6, 6.07) is 10.0. The molecule has 0 aliphatic heterocycles. The van der Waals surface area contributed by atoms with Gasteiger partial charge in [0.1, 0.15) is 5.75 Å². The number of ether oxygens (including phenoxy) is 1. The second-order valence-electron chi connectivity index (χ2n) is 5.15. The van der Waals surface area contributed by atoms with Gasteiger partial charge in [0.25, 0.3) is 0 Å². The average Bonchev–Trinajstić information content (AvgIpc) is 2.39. The molecule has 1 aliphatic rings. The fourth-order valence-electron chi connectivity index (χ4n) is 2.73. The summed E-state index contributed by atoms with van der Waals surface area (Å²) in [6.45, 7) is 4.02. The molecule has 0 N–H and O–H groups in total. The molecule has 2 heteroatoms. The van der Waals surface area contributed by atoms with Crippen LogP contribution in [-0.2, 0) is 6.42 Å². The number of hydrogen-bond acceptors (Lipinski definition) is 2. The summed E-state index contributed by atoms with van der Waals surface area (Å²) in [6.07, 6.45) is 0.821. The van der Waals surface area contributed by atoms with Crippen molar-refractivity contribution in [1.82, 2.24) is 0 Å². The third-order valence-corrected chi connectivity index (χ3v) is 3.76. The molecule has 96 valence electrons. The molecule has 2 aromatic carbocycles. The summed E-state index contributed by atoms with van der Waals surface area (Å²) < 4.78 is 5.32. The Kier molecular flexibility index (Phi) is 2.67. The molecule has 0 heterocycles. The molecule has 0 atom stereocenters. The van der Waals surface area contributed by atoms with E-state index >= 15 is 0 Å². The highest BCUT2D eigenvalue weighted by Gasteiger charge is 2.24. The quantitative estimate of drug-likeness (QED) is 0.663. The monoisotopic (exact) mass is 252 g/mol. The van der Waals surface area contributed by atoms with Crippen LogP contribution in [0.5, 0.6) is 5.75 Å². The summed E-state index contributed by atoms with van der Waals surface area (Å²) in [5, 5.41) is 0. The number of aryl methyl sites for hydroxylation is 2. The van der Waals surface area contributed by atoms with E-state index in [2.05, 4.69) is 18.2 Å². The van der Waals surface area contributed by atoms with E-state index in [1.807, 2.05) is 26.0 Å². The first-order valence-corrected chi connectivity index (χ1v) is 6.42. The lowest BCUT2D eigenvalue weighted by molar-refractivity contribution is 0.103. The number of ketones is 1. The van der Waals surface area contributed by atoms with Crippen LogP contribution in [-0.4, -0.2) is 12.9 Å². The fourth-order valence-corrected chi connectivity index (χ4v) is 2.73. The van der Waals surface area contributed by atoms with Crippen molar-refractivity contribution in [1.29, 1.82) is 0 Å². The van der Waals surface area contributed by atoms with Crippen LogP contribution in [0.3, 0.4) is 0 Å². The zero-order valence-corrected chi connectivity index (χ0v) is 11.4. The van der Waals surface area contributed by atoms with Crippen molar-refractivity contribution < 1.29 is 9.53 Å². The number of carbonyl (C=O) groups is 1. The number of hydrogen-bond donors (Lipinski definition) is 0. The molecule has 0 radical (unpaired) electrons. The third kappa shape index (κ3) is 1.84. The molecule has 0 spiro atoms. The molecule has 0 saturated heterocycles. The van der Waals surface area contributed by atoms with Gasteiger partial charge in [0.15, 0.2) is 5.78 Å². The molecular weight excluding hydrogens is 236 g/mol. The predicted molar refractivity (Wildman–Crippen MR) is 75.1 cm³/mol. The summed E-state index contributed by atoms with van der Waals surface area (Å²) in [5.74, 6) is 0.890. The maximum atomic E-state index is 12.6. The molecular formula is C17H16O2. The van der Waals surface area contributed by atoms with E-state index < -0.39 is 0 Å². The Hall–Kier alpha value is -2.09. The summed E-state index contributed by atoms with van der Waals surface area (Å²) in [7, 11) is 1.64. The lowest BCUT2D eigenvalue weighted by Gasteiger charge is -2.20. The average molecular weight is 252 g/mol. The van der Waals surface area contributed by atoms with Crippen molar-refractivity contribution in [2.24, 2.45) is 0 Å². The van der Waals surface area contributed by atoms with Crippen molar-refractivity contribution in [2.45, 2.75) is 20.3 Å². The highest BCUT2D eigenvalue weighted by Crippen LogP contribution is 2.32. The SMILES string of the molecule is COc1cc2c(cc1C)Cc1ccc(C)cc1C2=O. The van der Waals surface area contributed by atoms with E-state index in [0.29, 0.717) is 0 Å². The van der Waals surface area contributed by atoms with Gasteiger partial charge >= 0.3 is 0 Å². The van der Waals surface area contributed by atoms with Gasteiger partial charge in [-0.05, 0) is 49.1 Å². The number of carbonyl (C=O) groups excluding carboxylic acids is 1. The Morgan fingerprint density at radius 3 is 2.47 bits per heavy atom. The van der Waals surface area contributed by atoms with Gasteiger partial charge in [-0.15, -0.1) is 0 Å². The fraction of sp³-hybridized carbons (Fsp3) is 0.235. The first kappa shape index (κ1) is 12.0. The van der Waals surface area contributed by atoms with E-state index in [9.17, 15) is 4.79 Å². The zero-order chi connectivity index (χ0) is 13.6. The van der Waals surface area contributed by atoms with E-state index in [0.717, 1.165) is 45.6 Å². The van der Waals surface area contributed by atoms with Crippen molar-refractivity contribution in [2.75, 3.05) is 7.11 Å². The maximum absolute atomic E-state index is 12.6. The Bertz CT molecular complexity index is 684. The van der Waals surface area contributed by atoms with Gasteiger partial charge in [-0.25, -0.2) is 0 Å². The van der Waals surface area contributed by atoms with E-state index in [4.69, 9.17) is 4.74 Å². The Balaban J connectivity index is 2.19. The zero-order valence-electron chi connectivity index (χ0n) is 11.4. The van der Waals surface area contributed by atoms with Gasteiger partial charge in [0.2, 0.25) is 0 Å². The number of rotatable bonds is 1. The van der Waals surface area contributed by atoms with E-state index in [-0.39, 0.29) is 5.78 Å². The second kappa shape index (κ2) is 4.23. The van der Waals surface area contributed by atoms with Crippen LogP contribution in [0.15, 0.2) is 30.3 Å². The van der Waals surface area contributed by atoms with Crippen molar-refractivity contribution in [3.8, 4) is 5.75 Å². The second-order valence-corrected chi connectivity index (χ2v) is 5.15. The molecule has 0 saturated carbocycles. The molecule has 0 fully saturated rings. The standard InChI is InChI=1S/C17H16O2/c1-10-4-5-12-8-13-7-11(2)16(19-3)9-15(13)17(18)14(12)6-10/h4-7,9H,8H2,1-3H3. The molecule has 19 heavy (non-hydrogen) atoms. The van der Waals surface area contributed by atoms with Crippen LogP contribution in [0.2, 0.25) is 0 Å². The molecule has 2 nitrogen and oxygen atoms in total. The van der Waals surface area contributed by atoms with Crippen molar-refractivity contribution in [3.63, 3.8) is 0 Å². The molecule has 0 unspecified atom stereocenters. The maximum Gasteiger partial charge on any atom is 0.193 e. The molecule has 0 aromatic heterocycles. The van der Waals surface area contributed by atoms with Gasteiger partial charge in [-0.3, -0.25) is 4.79 Å². The molecule has 1 aliphatic carbocycles. The predicted octanol–water partition coefficient (Wildman–Crippen LogP) is 3.45.